The molecule has 3 heteroatoms. The molecule has 0 saturated carbocycles. The third kappa shape index (κ3) is 6.34. The number of hydrogen-bond acceptors (Lipinski definition) is 2. The topological polar surface area (TPSA) is 32.3 Å². The van der Waals surface area contributed by atoms with Crippen molar-refractivity contribution in [3.63, 3.8) is 0 Å². The first-order chi connectivity index (χ1) is 2.81. The second-order valence-corrected chi connectivity index (χ2v) is 0.812. The molecule has 0 aliphatic rings. The molecule has 0 atom stereocenters. The second kappa shape index (κ2) is 6.34. The molecular weight excluding hydrogens is 103 g/mol. The van der Waals surface area contributed by atoms with Crippen LogP contribution in [0.2, 0.25) is 0 Å². The first kappa shape index (κ1) is 10.3. The summed E-state index contributed by atoms with van der Waals surface area (Å²) in [6.45, 7) is 1.63. The quantitative estimate of drug-likeness (QED) is 0.264. The summed E-state index contributed by atoms with van der Waals surface area (Å²) < 4.78 is 4.20. The van der Waals surface area contributed by atoms with Crippen molar-refractivity contribution in [2.45, 2.75) is 6.92 Å². The maximum absolute atomic E-state index is 9.90. The van der Waals surface area contributed by atoms with Gasteiger partial charge in [0.05, 0.1) is 0 Å². The minimum Gasteiger partial charge on any atom is -0.617 e. The average Bonchev–Trinajstić information content (AvgIpc) is 1.65. The van der Waals surface area contributed by atoms with Crippen molar-refractivity contribution >= 4 is 0 Å². The van der Waals surface area contributed by atoms with Crippen molar-refractivity contribution in [1.82, 2.24) is 0 Å². The Balaban J connectivity index is 0. The van der Waals surface area contributed by atoms with Gasteiger partial charge in [0, 0.05) is 5.95 Å². The van der Waals surface area contributed by atoms with Crippen molar-refractivity contribution in [2.24, 2.45) is 0 Å². The van der Waals surface area contributed by atoms with Gasteiger partial charge in [0.25, 0.3) is 0 Å². The number of methoxy groups -OCH3 is 1. The van der Waals surface area contributed by atoms with Crippen LogP contribution in [0.15, 0.2) is 12.0 Å². The van der Waals surface area contributed by atoms with Gasteiger partial charge in [-0.25, -0.2) is 0 Å². The van der Waals surface area contributed by atoms with Gasteiger partial charge in [-0.15, -0.1) is 0 Å². The fourth-order valence-corrected chi connectivity index (χ4v) is 0.118. The Morgan fingerprint density at radius 1 is 1.71 bits per heavy atom. The van der Waals surface area contributed by atoms with E-state index in [9.17, 15) is 5.11 Å². The van der Waals surface area contributed by atoms with Crippen molar-refractivity contribution in [1.29, 1.82) is 0 Å². The summed E-state index contributed by atoms with van der Waals surface area (Å²) in [5.74, 6) is -0.282. The van der Waals surface area contributed by atoms with E-state index in [0.717, 1.165) is 0 Å². The molecule has 0 spiro atoms. The maximum Gasteiger partial charge on any atom is 1.00 e. The van der Waals surface area contributed by atoms with E-state index in [1.54, 1.807) is 6.92 Å². The molecule has 0 N–H and O–H groups in total. The van der Waals surface area contributed by atoms with Crippen molar-refractivity contribution in [2.75, 3.05) is 7.11 Å². The Kier molecular flexibility index (Phi) is 9.37. The minimum atomic E-state index is -0.282. The van der Waals surface area contributed by atoms with Crippen LogP contribution in [0.25, 0.3) is 0 Å². The monoisotopic (exact) mass is 110 g/mol. The van der Waals surface area contributed by atoms with Gasteiger partial charge in [-0.3, -0.25) is 0 Å². The van der Waals surface area contributed by atoms with Crippen LogP contribution >= 0.6 is 0 Å². The zero-order valence-corrected chi connectivity index (χ0v) is 6.89. The maximum atomic E-state index is 9.90. The molecule has 0 fully saturated rings. The number of ether oxygens (including phenoxy) is 1. The molecule has 0 aromatic rings. The molecule has 0 aliphatic heterocycles. The Bertz CT molecular complexity index is 60.7. The van der Waals surface area contributed by atoms with Gasteiger partial charge < -0.3 is 9.84 Å². The first-order valence-corrected chi connectivity index (χ1v) is 1.68. The van der Waals surface area contributed by atoms with Gasteiger partial charge in [-0.1, -0.05) is 6.08 Å². The third-order valence-electron chi connectivity index (χ3n) is 0.437. The predicted octanol–water partition coefficient (Wildman–Crippen LogP) is -3.14. The molecule has 0 rings (SSSR count). The molecular formula is C4H7NaO2. The normalized spacial score (nSPS) is 9.71. The van der Waals surface area contributed by atoms with E-state index in [-0.39, 0.29) is 35.5 Å². The third-order valence-corrected chi connectivity index (χ3v) is 0.437. The van der Waals surface area contributed by atoms with Gasteiger partial charge >= 0.3 is 29.6 Å². The van der Waals surface area contributed by atoms with Crippen LogP contribution in [-0.4, -0.2) is 7.11 Å². The van der Waals surface area contributed by atoms with E-state index < -0.39 is 0 Å². The van der Waals surface area contributed by atoms with Crippen molar-refractivity contribution in [3.05, 3.63) is 12.0 Å². The van der Waals surface area contributed by atoms with E-state index >= 15 is 0 Å². The molecule has 0 amide bonds. The molecule has 2 nitrogen and oxygen atoms in total. The molecule has 0 radical (unpaired) electrons. The fraction of sp³-hybridized carbons (Fsp3) is 0.500. The summed E-state index contributed by atoms with van der Waals surface area (Å²) in [4.78, 5) is 0. The zero-order valence-electron chi connectivity index (χ0n) is 4.89. The molecule has 0 aromatic carbocycles. The van der Waals surface area contributed by atoms with Crippen molar-refractivity contribution < 1.29 is 39.4 Å². The van der Waals surface area contributed by atoms with Crippen LogP contribution in [0.3, 0.4) is 0 Å². The Hall–Kier alpha value is 0.340. The van der Waals surface area contributed by atoms with E-state index in [1.807, 2.05) is 0 Å². The molecule has 36 valence electrons. The Morgan fingerprint density at radius 2 is 2.14 bits per heavy atom. The molecule has 0 unspecified atom stereocenters. The molecule has 0 aliphatic carbocycles. The predicted molar refractivity (Wildman–Crippen MR) is 20.8 cm³/mol. The largest absolute Gasteiger partial charge is 1.00 e. The van der Waals surface area contributed by atoms with Crippen LogP contribution in [0.4, 0.5) is 0 Å². The summed E-state index contributed by atoms with van der Waals surface area (Å²) >= 11 is 0. The van der Waals surface area contributed by atoms with Gasteiger partial charge in [0.2, 0.25) is 0 Å². The summed E-state index contributed by atoms with van der Waals surface area (Å²) in [5, 5.41) is 9.90. The van der Waals surface area contributed by atoms with Gasteiger partial charge in [0.1, 0.15) is 0 Å². The minimum absolute atomic E-state index is 0. The molecule has 0 aromatic heterocycles. The van der Waals surface area contributed by atoms with E-state index in [4.69, 9.17) is 0 Å². The van der Waals surface area contributed by atoms with E-state index in [1.165, 1.54) is 13.2 Å². The van der Waals surface area contributed by atoms with Gasteiger partial charge in [-0.05, 0) is 14.0 Å². The number of allylic oxidation sites excluding steroid dienone is 1. The average molecular weight is 110 g/mol. The summed E-state index contributed by atoms with van der Waals surface area (Å²) in [7, 11) is 1.35. The van der Waals surface area contributed by atoms with Crippen LogP contribution in [0.1, 0.15) is 6.92 Å². The SMILES string of the molecule is C/C=C(/[O-])OC.[Na+]. The first-order valence-electron chi connectivity index (χ1n) is 1.68. The van der Waals surface area contributed by atoms with Crippen LogP contribution in [-0.2, 0) is 4.74 Å². The van der Waals surface area contributed by atoms with Crippen LogP contribution in [0.5, 0.6) is 0 Å². The van der Waals surface area contributed by atoms with Crippen LogP contribution < -0.4 is 34.7 Å². The Morgan fingerprint density at radius 3 is 2.14 bits per heavy atom. The number of hydrogen-bond donors (Lipinski definition) is 0. The zero-order chi connectivity index (χ0) is 4.99. The second-order valence-electron chi connectivity index (χ2n) is 0.812. The molecule has 7 heavy (non-hydrogen) atoms. The molecule has 0 saturated heterocycles. The van der Waals surface area contributed by atoms with E-state index in [2.05, 4.69) is 4.74 Å². The van der Waals surface area contributed by atoms with Crippen molar-refractivity contribution in [3.8, 4) is 0 Å². The van der Waals surface area contributed by atoms with Crippen LogP contribution in [0, 0.1) is 0 Å². The fourth-order valence-electron chi connectivity index (χ4n) is 0.118. The number of rotatable bonds is 1. The smallest absolute Gasteiger partial charge is 0.617 e. The molecule has 0 bridgehead atoms. The van der Waals surface area contributed by atoms with Gasteiger partial charge in [-0.2, -0.15) is 0 Å². The standard InChI is InChI=1S/C4H8O2.Na/c1-3-4(5)6-2;/h3,5H,1-2H3;/q;+1/p-1/b4-3-;. The summed E-state index contributed by atoms with van der Waals surface area (Å²) in [6, 6.07) is 0. The molecule has 0 heterocycles. The Labute approximate surface area is 65.5 Å². The summed E-state index contributed by atoms with van der Waals surface area (Å²) in [6.07, 6.45) is 1.36. The van der Waals surface area contributed by atoms with E-state index in [0.29, 0.717) is 0 Å². The summed E-state index contributed by atoms with van der Waals surface area (Å²) in [5.41, 5.74) is 0. The van der Waals surface area contributed by atoms with Gasteiger partial charge in [0.15, 0.2) is 0 Å².